The molecule has 0 saturated carbocycles. The van der Waals surface area contributed by atoms with E-state index in [0.29, 0.717) is 13.0 Å². The Balaban J connectivity index is 1.79. The van der Waals surface area contributed by atoms with Crippen LogP contribution in [0.3, 0.4) is 0 Å². The Morgan fingerprint density at radius 1 is 1.00 bits per heavy atom. The van der Waals surface area contributed by atoms with Gasteiger partial charge in [0.05, 0.1) is 18.1 Å². The van der Waals surface area contributed by atoms with E-state index in [1.807, 2.05) is 91.9 Å². The third-order valence-electron chi connectivity index (χ3n) is 5.66. The van der Waals surface area contributed by atoms with Gasteiger partial charge < -0.3 is 15.2 Å². The molecule has 0 aliphatic heterocycles. The van der Waals surface area contributed by atoms with Crippen LogP contribution in [0.4, 0.5) is 0 Å². The molecule has 0 bridgehead atoms. The SMILES string of the molecule is CCCC(C)(C(=O)N[C@@H](CO)c1ccccc1)c1cccc(OCc2ccccc2)c1. The number of ether oxygens (including phenoxy) is 1. The molecule has 0 aliphatic rings. The van der Waals surface area contributed by atoms with Gasteiger partial charge in [-0.05, 0) is 42.2 Å². The predicted octanol–water partition coefficient (Wildman–Crippen LogP) is 5.17. The van der Waals surface area contributed by atoms with E-state index in [9.17, 15) is 9.90 Å². The van der Waals surface area contributed by atoms with Crippen LogP contribution < -0.4 is 10.1 Å². The number of aliphatic hydroxyl groups excluding tert-OH is 1. The summed E-state index contributed by atoms with van der Waals surface area (Å²) in [4.78, 5) is 13.4. The van der Waals surface area contributed by atoms with Gasteiger partial charge in [0.15, 0.2) is 0 Å². The van der Waals surface area contributed by atoms with Gasteiger partial charge in [0.2, 0.25) is 5.91 Å². The molecular formula is C27H31NO3. The molecular weight excluding hydrogens is 386 g/mol. The van der Waals surface area contributed by atoms with Crippen molar-refractivity contribution in [1.82, 2.24) is 5.32 Å². The van der Waals surface area contributed by atoms with Crippen LogP contribution in [0.25, 0.3) is 0 Å². The van der Waals surface area contributed by atoms with Crippen molar-refractivity contribution in [2.24, 2.45) is 0 Å². The maximum atomic E-state index is 13.4. The van der Waals surface area contributed by atoms with Crippen LogP contribution in [-0.4, -0.2) is 17.6 Å². The van der Waals surface area contributed by atoms with Gasteiger partial charge in [0.1, 0.15) is 12.4 Å². The summed E-state index contributed by atoms with van der Waals surface area (Å²) in [6.07, 6.45) is 1.54. The monoisotopic (exact) mass is 417 g/mol. The number of hydrogen-bond donors (Lipinski definition) is 2. The van der Waals surface area contributed by atoms with Crippen molar-refractivity contribution in [3.63, 3.8) is 0 Å². The summed E-state index contributed by atoms with van der Waals surface area (Å²) in [7, 11) is 0. The summed E-state index contributed by atoms with van der Waals surface area (Å²) in [5.41, 5.74) is 2.15. The van der Waals surface area contributed by atoms with E-state index < -0.39 is 11.5 Å². The lowest BCUT2D eigenvalue weighted by Gasteiger charge is -2.31. The quantitative estimate of drug-likeness (QED) is 0.478. The Labute approximate surface area is 184 Å². The van der Waals surface area contributed by atoms with Gasteiger partial charge in [-0.15, -0.1) is 0 Å². The maximum Gasteiger partial charge on any atom is 0.230 e. The zero-order valence-corrected chi connectivity index (χ0v) is 18.3. The molecule has 0 radical (unpaired) electrons. The molecule has 0 spiro atoms. The van der Waals surface area contributed by atoms with Crippen LogP contribution in [0, 0.1) is 0 Å². The highest BCUT2D eigenvalue weighted by molar-refractivity contribution is 5.88. The molecule has 0 saturated heterocycles. The highest BCUT2D eigenvalue weighted by atomic mass is 16.5. The summed E-state index contributed by atoms with van der Waals surface area (Å²) in [5, 5.41) is 12.9. The Hall–Kier alpha value is -3.11. The van der Waals surface area contributed by atoms with Crippen molar-refractivity contribution in [2.75, 3.05) is 6.61 Å². The Morgan fingerprint density at radius 3 is 2.32 bits per heavy atom. The molecule has 162 valence electrons. The highest BCUT2D eigenvalue weighted by Crippen LogP contribution is 2.33. The number of aliphatic hydroxyl groups is 1. The molecule has 4 heteroatoms. The van der Waals surface area contributed by atoms with Crippen LogP contribution in [0.15, 0.2) is 84.9 Å². The maximum absolute atomic E-state index is 13.4. The van der Waals surface area contributed by atoms with Gasteiger partial charge in [-0.2, -0.15) is 0 Å². The smallest absolute Gasteiger partial charge is 0.230 e. The van der Waals surface area contributed by atoms with Crippen molar-refractivity contribution in [1.29, 1.82) is 0 Å². The lowest BCUT2D eigenvalue weighted by molar-refractivity contribution is -0.127. The third-order valence-corrected chi connectivity index (χ3v) is 5.66. The third kappa shape index (κ3) is 5.74. The van der Waals surface area contributed by atoms with E-state index in [0.717, 1.165) is 28.9 Å². The van der Waals surface area contributed by atoms with Crippen molar-refractivity contribution in [2.45, 2.75) is 44.8 Å². The minimum absolute atomic E-state index is 0.0996. The normalized spacial score (nSPS) is 13.8. The molecule has 3 aromatic carbocycles. The van der Waals surface area contributed by atoms with Gasteiger partial charge in [-0.1, -0.05) is 86.1 Å². The fraction of sp³-hybridized carbons (Fsp3) is 0.296. The zero-order chi connectivity index (χ0) is 22.1. The second-order valence-electron chi connectivity index (χ2n) is 8.00. The summed E-state index contributed by atoms with van der Waals surface area (Å²) in [6, 6.07) is 26.9. The van der Waals surface area contributed by atoms with Crippen LogP contribution >= 0.6 is 0 Å². The average Bonchev–Trinajstić information content (AvgIpc) is 2.82. The molecule has 3 aromatic rings. The topological polar surface area (TPSA) is 58.6 Å². The largest absolute Gasteiger partial charge is 0.489 e. The minimum atomic E-state index is -0.733. The fourth-order valence-corrected chi connectivity index (χ4v) is 3.80. The van der Waals surface area contributed by atoms with Gasteiger partial charge >= 0.3 is 0 Å². The predicted molar refractivity (Wildman–Crippen MR) is 124 cm³/mol. The van der Waals surface area contributed by atoms with Crippen LogP contribution in [-0.2, 0) is 16.8 Å². The Bertz CT molecular complexity index is 958. The molecule has 2 N–H and O–H groups in total. The highest BCUT2D eigenvalue weighted by Gasteiger charge is 2.35. The standard InChI is InChI=1S/C27H31NO3/c1-3-17-27(2,26(30)28-25(19-29)22-13-8-5-9-14-22)23-15-10-16-24(18-23)31-20-21-11-6-4-7-12-21/h4-16,18,25,29H,3,17,19-20H2,1-2H3,(H,28,30)/t25-,27?/m0/s1. The van der Waals surface area contributed by atoms with Crippen molar-refractivity contribution < 1.29 is 14.6 Å². The van der Waals surface area contributed by atoms with E-state index in [1.165, 1.54) is 0 Å². The molecule has 0 aliphatic carbocycles. The van der Waals surface area contributed by atoms with E-state index >= 15 is 0 Å². The molecule has 4 nitrogen and oxygen atoms in total. The second-order valence-corrected chi connectivity index (χ2v) is 8.00. The number of hydrogen-bond acceptors (Lipinski definition) is 3. The van der Waals surface area contributed by atoms with Gasteiger partial charge in [-0.25, -0.2) is 0 Å². The van der Waals surface area contributed by atoms with E-state index in [-0.39, 0.29) is 12.5 Å². The summed E-state index contributed by atoms with van der Waals surface area (Å²) in [5.74, 6) is 0.635. The number of amides is 1. The summed E-state index contributed by atoms with van der Waals surface area (Å²) < 4.78 is 5.99. The first-order valence-electron chi connectivity index (χ1n) is 10.8. The molecule has 31 heavy (non-hydrogen) atoms. The number of carbonyl (C=O) groups excluding carboxylic acids is 1. The lowest BCUT2D eigenvalue weighted by atomic mass is 9.77. The van der Waals surface area contributed by atoms with Crippen LogP contribution in [0.2, 0.25) is 0 Å². The van der Waals surface area contributed by atoms with Crippen LogP contribution in [0.5, 0.6) is 5.75 Å². The Morgan fingerprint density at radius 2 is 1.68 bits per heavy atom. The number of rotatable bonds is 10. The van der Waals surface area contributed by atoms with Gasteiger partial charge in [0, 0.05) is 0 Å². The van der Waals surface area contributed by atoms with Crippen molar-refractivity contribution in [3.05, 3.63) is 102 Å². The first kappa shape index (κ1) is 22.6. The molecule has 1 amide bonds. The van der Waals surface area contributed by atoms with E-state index in [2.05, 4.69) is 12.2 Å². The molecule has 1 unspecified atom stereocenters. The molecule has 0 aromatic heterocycles. The second kappa shape index (κ2) is 10.8. The lowest BCUT2D eigenvalue weighted by Crippen LogP contribution is -2.44. The van der Waals surface area contributed by atoms with Crippen LogP contribution in [0.1, 0.15) is 49.4 Å². The summed E-state index contributed by atoms with van der Waals surface area (Å²) in [6.45, 7) is 4.35. The van der Waals surface area contributed by atoms with Crippen molar-refractivity contribution in [3.8, 4) is 5.75 Å². The minimum Gasteiger partial charge on any atom is -0.489 e. The van der Waals surface area contributed by atoms with Gasteiger partial charge in [0.25, 0.3) is 0 Å². The average molecular weight is 418 g/mol. The fourth-order valence-electron chi connectivity index (χ4n) is 3.80. The van der Waals surface area contributed by atoms with Crippen molar-refractivity contribution >= 4 is 5.91 Å². The molecule has 3 rings (SSSR count). The number of nitrogens with one attached hydrogen (secondary N) is 1. The zero-order valence-electron chi connectivity index (χ0n) is 18.3. The summed E-state index contributed by atoms with van der Waals surface area (Å²) >= 11 is 0. The first-order valence-corrected chi connectivity index (χ1v) is 10.8. The number of benzene rings is 3. The number of carbonyl (C=O) groups is 1. The first-order chi connectivity index (χ1) is 15.1. The van der Waals surface area contributed by atoms with E-state index in [4.69, 9.17) is 4.74 Å². The molecule has 0 heterocycles. The van der Waals surface area contributed by atoms with E-state index in [1.54, 1.807) is 0 Å². The molecule has 2 atom stereocenters. The molecule has 0 fully saturated rings. The van der Waals surface area contributed by atoms with Gasteiger partial charge in [-0.3, -0.25) is 4.79 Å². The Kier molecular flexibility index (Phi) is 7.85.